The normalized spacial score (nSPS) is 19.6. The van der Waals surface area contributed by atoms with Crippen LogP contribution in [0, 0.1) is 5.92 Å². The molecule has 0 heterocycles. The molecule has 1 atom stereocenters. The van der Waals surface area contributed by atoms with Crippen molar-refractivity contribution in [1.29, 1.82) is 0 Å². The minimum atomic E-state index is 0.121. The molecule has 0 spiro atoms. The third-order valence-electron chi connectivity index (χ3n) is 3.17. The molecular weight excluding hydrogens is 208 g/mol. The Bertz CT molecular complexity index is 463. The van der Waals surface area contributed by atoms with Crippen molar-refractivity contribution in [2.75, 3.05) is 0 Å². The minimum absolute atomic E-state index is 0.121. The largest absolute Gasteiger partial charge is 0.295 e. The fourth-order valence-electron chi connectivity index (χ4n) is 2.10. The zero-order valence-corrected chi connectivity index (χ0v) is 10.4. The summed E-state index contributed by atoms with van der Waals surface area (Å²) >= 11 is 0. The van der Waals surface area contributed by atoms with Gasteiger partial charge in [-0.2, -0.15) is 0 Å². The fraction of sp³-hybridized carbons (Fsp3) is 0.312. The van der Waals surface area contributed by atoms with Gasteiger partial charge in [-0.15, -0.1) is 0 Å². The number of allylic oxidation sites excluding steroid dienone is 4. The van der Waals surface area contributed by atoms with Crippen LogP contribution < -0.4 is 0 Å². The third-order valence-corrected chi connectivity index (χ3v) is 3.17. The first-order valence-corrected chi connectivity index (χ1v) is 6.16. The summed E-state index contributed by atoms with van der Waals surface area (Å²) in [4.78, 5) is 11.2. The Labute approximate surface area is 103 Å². The van der Waals surface area contributed by atoms with E-state index >= 15 is 0 Å². The second kappa shape index (κ2) is 5.13. The van der Waals surface area contributed by atoms with Gasteiger partial charge in [-0.05, 0) is 36.8 Å². The third kappa shape index (κ3) is 2.94. The maximum absolute atomic E-state index is 11.2. The summed E-state index contributed by atoms with van der Waals surface area (Å²) in [6.45, 7) is 3.85. The van der Waals surface area contributed by atoms with Gasteiger partial charge in [-0.1, -0.05) is 49.4 Å². The van der Waals surface area contributed by atoms with E-state index in [1.807, 2.05) is 24.3 Å². The molecule has 88 valence electrons. The van der Waals surface area contributed by atoms with Crippen LogP contribution in [0.25, 0.3) is 5.57 Å². The van der Waals surface area contributed by atoms with Crippen LogP contribution in [0.4, 0.5) is 0 Å². The standard InChI is InChI=1S/C16H18O/c1-12-5-3-4-6-16(11-12)15-9-7-14(8-10-15)13(2)17/h4,6-12H,3,5H2,1-2H3. The Balaban J connectivity index is 2.30. The van der Waals surface area contributed by atoms with E-state index in [1.165, 1.54) is 17.6 Å². The second-order valence-corrected chi connectivity index (χ2v) is 4.71. The van der Waals surface area contributed by atoms with Crippen LogP contribution in [0.15, 0.2) is 42.5 Å². The molecular formula is C16H18O. The monoisotopic (exact) mass is 226 g/mol. The molecule has 1 aromatic carbocycles. The highest BCUT2D eigenvalue weighted by molar-refractivity contribution is 5.94. The smallest absolute Gasteiger partial charge is 0.159 e. The molecule has 1 heteroatoms. The number of carbonyl (C=O) groups excluding carboxylic acids is 1. The van der Waals surface area contributed by atoms with Gasteiger partial charge in [0.25, 0.3) is 0 Å². The van der Waals surface area contributed by atoms with Gasteiger partial charge in [0.15, 0.2) is 5.78 Å². The summed E-state index contributed by atoms with van der Waals surface area (Å²) < 4.78 is 0. The number of benzene rings is 1. The summed E-state index contributed by atoms with van der Waals surface area (Å²) in [5.74, 6) is 0.739. The van der Waals surface area contributed by atoms with Gasteiger partial charge in [0.2, 0.25) is 0 Å². The molecule has 1 nitrogen and oxygen atoms in total. The van der Waals surface area contributed by atoms with Gasteiger partial charge in [0, 0.05) is 5.56 Å². The Morgan fingerprint density at radius 2 is 1.94 bits per heavy atom. The van der Waals surface area contributed by atoms with E-state index in [2.05, 4.69) is 25.2 Å². The van der Waals surface area contributed by atoms with Crippen LogP contribution in [0.3, 0.4) is 0 Å². The molecule has 0 amide bonds. The number of hydrogen-bond acceptors (Lipinski definition) is 1. The molecule has 1 aliphatic carbocycles. The summed E-state index contributed by atoms with van der Waals surface area (Å²) in [5, 5.41) is 0. The van der Waals surface area contributed by atoms with Crippen LogP contribution in [-0.2, 0) is 0 Å². The molecule has 0 aromatic heterocycles. The van der Waals surface area contributed by atoms with Gasteiger partial charge in [-0.25, -0.2) is 0 Å². The first-order valence-electron chi connectivity index (χ1n) is 6.16. The first kappa shape index (κ1) is 11.8. The summed E-state index contributed by atoms with van der Waals surface area (Å²) in [6.07, 6.45) is 9.09. The van der Waals surface area contributed by atoms with E-state index in [0.29, 0.717) is 5.92 Å². The molecule has 0 N–H and O–H groups in total. The number of rotatable bonds is 2. The fourth-order valence-corrected chi connectivity index (χ4v) is 2.10. The summed E-state index contributed by atoms with van der Waals surface area (Å²) in [7, 11) is 0. The van der Waals surface area contributed by atoms with E-state index in [-0.39, 0.29) is 5.78 Å². The average molecular weight is 226 g/mol. The Kier molecular flexibility index (Phi) is 3.58. The Hall–Kier alpha value is -1.63. The highest BCUT2D eigenvalue weighted by atomic mass is 16.1. The molecule has 1 aromatic rings. The molecule has 1 unspecified atom stereocenters. The molecule has 0 aliphatic heterocycles. The lowest BCUT2D eigenvalue weighted by Crippen LogP contribution is -1.92. The SMILES string of the molecule is CC(=O)c1ccc(C2=CC(C)CCC=C2)cc1. The molecule has 1 aliphatic rings. The zero-order chi connectivity index (χ0) is 12.3. The highest BCUT2D eigenvalue weighted by Crippen LogP contribution is 2.24. The van der Waals surface area contributed by atoms with Gasteiger partial charge in [-0.3, -0.25) is 4.79 Å². The predicted molar refractivity (Wildman–Crippen MR) is 72.0 cm³/mol. The van der Waals surface area contributed by atoms with Crippen molar-refractivity contribution in [2.45, 2.75) is 26.7 Å². The van der Waals surface area contributed by atoms with Crippen molar-refractivity contribution in [3.63, 3.8) is 0 Å². The molecule has 0 saturated carbocycles. The Morgan fingerprint density at radius 3 is 2.59 bits per heavy atom. The van der Waals surface area contributed by atoms with Crippen molar-refractivity contribution in [3.8, 4) is 0 Å². The topological polar surface area (TPSA) is 17.1 Å². The van der Waals surface area contributed by atoms with Gasteiger partial charge in [0.05, 0.1) is 0 Å². The van der Waals surface area contributed by atoms with Crippen LogP contribution in [0.1, 0.15) is 42.6 Å². The lowest BCUT2D eigenvalue weighted by molar-refractivity contribution is 0.101. The van der Waals surface area contributed by atoms with Crippen molar-refractivity contribution in [1.82, 2.24) is 0 Å². The van der Waals surface area contributed by atoms with E-state index in [4.69, 9.17) is 0 Å². The molecule has 17 heavy (non-hydrogen) atoms. The van der Waals surface area contributed by atoms with E-state index in [1.54, 1.807) is 6.92 Å². The predicted octanol–water partition coefficient (Wildman–Crippen LogP) is 4.26. The van der Waals surface area contributed by atoms with E-state index in [9.17, 15) is 4.79 Å². The molecule has 0 fully saturated rings. The van der Waals surface area contributed by atoms with Crippen LogP contribution in [-0.4, -0.2) is 5.78 Å². The summed E-state index contributed by atoms with van der Waals surface area (Å²) in [6, 6.07) is 7.87. The molecule has 0 radical (unpaired) electrons. The highest BCUT2D eigenvalue weighted by Gasteiger charge is 2.06. The number of Topliss-reactive ketones (excluding diaryl/α,β-unsaturated/α-hetero) is 1. The van der Waals surface area contributed by atoms with Gasteiger partial charge >= 0.3 is 0 Å². The van der Waals surface area contributed by atoms with E-state index < -0.39 is 0 Å². The van der Waals surface area contributed by atoms with Crippen molar-refractivity contribution >= 4 is 11.4 Å². The molecule has 0 saturated heterocycles. The maximum Gasteiger partial charge on any atom is 0.159 e. The molecule has 0 bridgehead atoms. The van der Waals surface area contributed by atoms with Crippen molar-refractivity contribution < 1.29 is 4.79 Å². The lowest BCUT2D eigenvalue weighted by atomic mass is 9.99. The van der Waals surface area contributed by atoms with Crippen molar-refractivity contribution in [3.05, 3.63) is 53.6 Å². The van der Waals surface area contributed by atoms with Gasteiger partial charge < -0.3 is 0 Å². The number of hydrogen-bond donors (Lipinski definition) is 0. The zero-order valence-electron chi connectivity index (χ0n) is 10.4. The Morgan fingerprint density at radius 1 is 1.24 bits per heavy atom. The lowest BCUT2D eigenvalue weighted by Gasteiger charge is -2.06. The average Bonchev–Trinajstić information content (AvgIpc) is 2.54. The van der Waals surface area contributed by atoms with E-state index in [0.717, 1.165) is 12.0 Å². The second-order valence-electron chi connectivity index (χ2n) is 4.71. The first-order chi connectivity index (χ1) is 8.16. The molecule has 2 rings (SSSR count). The van der Waals surface area contributed by atoms with Crippen LogP contribution in [0.2, 0.25) is 0 Å². The number of ketones is 1. The quantitative estimate of drug-likeness (QED) is 0.689. The number of carbonyl (C=O) groups is 1. The van der Waals surface area contributed by atoms with Crippen LogP contribution >= 0.6 is 0 Å². The summed E-state index contributed by atoms with van der Waals surface area (Å²) in [5.41, 5.74) is 3.24. The van der Waals surface area contributed by atoms with Crippen molar-refractivity contribution in [2.24, 2.45) is 5.92 Å². The van der Waals surface area contributed by atoms with Crippen LogP contribution in [0.5, 0.6) is 0 Å². The maximum atomic E-state index is 11.2. The van der Waals surface area contributed by atoms with Gasteiger partial charge in [0.1, 0.15) is 0 Å². The minimum Gasteiger partial charge on any atom is -0.295 e.